The number of methoxy groups -OCH3 is 3. The molecule has 0 unspecified atom stereocenters. The van der Waals surface area contributed by atoms with Crippen LogP contribution >= 0.6 is 0 Å². The van der Waals surface area contributed by atoms with Crippen molar-refractivity contribution in [1.82, 2.24) is 10.3 Å². The first-order valence-corrected chi connectivity index (χ1v) is 5.56. The third-order valence-corrected chi connectivity index (χ3v) is 3.19. The molecular formula is C12H18N2O3. The van der Waals surface area contributed by atoms with Gasteiger partial charge in [-0.05, 0) is 0 Å². The molecule has 17 heavy (non-hydrogen) atoms. The SMILES string of the molecule is COc1cc(CC2(OC)CNC2)c(OC)cn1. The molecule has 1 aromatic rings. The van der Waals surface area contributed by atoms with Crippen LogP contribution in [0.4, 0.5) is 0 Å². The van der Waals surface area contributed by atoms with Crippen molar-refractivity contribution >= 4 is 0 Å². The van der Waals surface area contributed by atoms with Gasteiger partial charge in [-0.3, -0.25) is 0 Å². The molecule has 1 N–H and O–H groups in total. The first kappa shape index (κ1) is 12.1. The molecule has 0 amide bonds. The molecule has 2 rings (SSSR count). The maximum absolute atomic E-state index is 5.57. The third-order valence-electron chi connectivity index (χ3n) is 3.19. The quantitative estimate of drug-likeness (QED) is 0.815. The molecule has 2 heterocycles. The van der Waals surface area contributed by atoms with Crippen LogP contribution in [0.25, 0.3) is 0 Å². The Morgan fingerprint density at radius 1 is 1.29 bits per heavy atom. The second kappa shape index (κ2) is 4.89. The smallest absolute Gasteiger partial charge is 0.213 e. The van der Waals surface area contributed by atoms with Crippen molar-refractivity contribution < 1.29 is 14.2 Å². The zero-order valence-electron chi connectivity index (χ0n) is 10.4. The monoisotopic (exact) mass is 238 g/mol. The normalized spacial score (nSPS) is 17.4. The van der Waals surface area contributed by atoms with Gasteiger partial charge in [0.25, 0.3) is 0 Å². The third kappa shape index (κ3) is 2.35. The van der Waals surface area contributed by atoms with Gasteiger partial charge in [-0.1, -0.05) is 0 Å². The maximum Gasteiger partial charge on any atom is 0.213 e. The average Bonchev–Trinajstić information content (AvgIpc) is 2.33. The highest BCUT2D eigenvalue weighted by atomic mass is 16.5. The number of nitrogens with one attached hydrogen (secondary N) is 1. The summed E-state index contributed by atoms with van der Waals surface area (Å²) in [5.74, 6) is 1.37. The van der Waals surface area contributed by atoms with E-state index in [4.69, 9.17) is 14.2 Å². The highest BCUT2D eigenvalue weighted by Gasteiger charge is 2.37. The molecule has 0 atom stereocenters. The lowest BCUT2D eigenvalue weighted by Gasteiger charge is -2.41. The number of nitrogens with zero attached hydrogens (tertiary/aromatic N) is 1. The minimum Gasteiger partial charge on any atom is -0.495 e. The van der Waals surface area contributed by atoms with Gasteiger partial charge in [-0.25, -0.2) is 4.98 Å². The lowest BCUT2D eigenvalue weighted by atomic mass is 9.89. The van der Waals surface area contributed by atoms with Crippen LogP contribution in [0, 0.1) is 0 Å². The first-order valence-electron chi connectivity index (χ1n) is 5.56. The number of hydrogen-bond acceptors (Lipinski definition) is 5. The van der Waals surface area contributed by atoms with E-state index in [1.54, 1.807) is 27.5 Å². The van der Waals surface area contributed by atoms with E-state index in [9.17, 15) is 0 Å². The van der Waals surface area contributed by atoms with Crippen molar-refractivity contribution in [2.24, 2.45) is 0 Å². The molecule has 94 valence electrons. The Bertz CT molecular complexity index is 386. The average molecular weight is 238 g/mol. The van der Waals surface area contributed by atoms with Crippen molar-refractivity contribution in [3.63, 3.8) is 0 Å². The highest BCUT2D eigenvalue weighted by molar-refractivity contribution is 5.36. The molecule has 0 spiro atoms. The van der Waals surface area contributed by atoms with E-state index in [2.05, 4.69) is 10.3 Å². The molecule has 1 fully saturated rings. The van der Waals surface area contributed by atoms with E-state index < -0.39 is 0 Å². The zero-order chi connectivity index (χ0) is 12.3. The molecule has 1 aromatic heterocycles. The predicted octanol–water partition coefficient (Wildman–Crippen LogP) is 0.630. The second-order valence-electron chi connectivity index (χ2n) is 4.21. The second-order valence-corrected chi connectivity index (χ2v) is 4.21. The van der Waals surface area contributed by atoms with Gasteiger partial charge in [0.15, 0.2) is 0 Å². The van der Waals surface area contributed by atoms with Gasteiger partial charge in [-0.2, -0.15) is 0 Å². The van der Waals surface area contributed by atoms with Gasteiger partial charge < -0.3 is 19.5 Å². The summed E-state index contributed by atoms with van der Waals surface area (Å²) < 4.78 is 16.0. The van der Waals surface area contributed by atoms with Crippen LogP contribution in [0.5, 0.6) is 11.6 Å². The number of rotatable bonds is 5. The van der Waals surface area contributed by atoms with E-state index >= 15 is 0 Å². The molecule has 1 saturated heterocycles. The van der Waals surface area contributed by atoms with Gasteiger partial charge in [0.05, 0.1) is 26.0 Å². The lowest BCUT2D eigenvalue weighted by molar-refractivity contribution is -0.0505. The summed E-state index contributed by atoms with van der Waals surface area (Å²) in [6, 6.07) is 1.90. The van der Waals surface area contributed by atoms with Crippen molar-refractivity contribution in [2.45, 2.75) is 12.0 Å². The van der Waals surface area contributed by atoms with Crippen LogP contribution in [0.15, 0.2) is 12.3 Å². The van der Waals surface area contributed by atoms with Crippen molar-refractivity contribution in [3.8, 4) is 11.6 Å². The summed E-state index contributed by atoms with van der Waals surface area (Å²) in [4.78, 5) is 4.12. The summed E-state index contributed by atoms with van der Waals surface area (Å²) >= 11 is 0. The number of ether oxygens (including phenoxy) is 3. The van der Waals surface area contributed by atoms with Gasteiger partial charge in [0.2, 0.25) is 5.88 Å². The summed E-state index contributed by atoms with van der Waals surface area (Å²) in [6.07, 6.45) is 2.47. The molecule has 0 aliphatic carbocycles. The minimum atomic E-state index is -0.125. The standard InChI is InChI=1S/C12H18N2O3/c1-15-10-6-14-11(16-2)4-9(10)5-12(17-3)7-13-8-12/h4,6,13H,5,7-8H2,1-3H3. The highest BCUT2D eigenvalue weighted by Crippen LogP contribution is 2.29. The van der Waals surface area contributed by atoms with Crippen LogP contribution < -0.4 is 14.8 Å². The van der Waals surface area contributed by atoms with Crippen LogP contribution in [-0.2, 0) is 11.2 Å². The van der Waals surface area contributed by atoms with Crippen molar-refractivity contribution in [1.29, 1.82) is 0 Å². The molecule has 5 nitrogen and oxygen atoms in total. The Labute approximate surface area is 101 Å². The number of aromatic nitrogens is 1. The maximum atomic E-state index is 5.57. The Balaban J connectivity index is 2.23. The molecule has 1 aliphatic heterocycles. The minimum absolute atomic E-state index is 0.125. The fraction of sp³-hybridized carbons (Fsp3) is 0.583. The van der Waals surface area contributed by atoms with Crippen LogP contribution in [0.1, 0.15) is 5.56 Å². The molecule has 0 saturated carbocycles. The zero-order valence-corrected chi connectivity index (χ0v) is 10.4. The molecular weight excluding hydrogens is 220 g/mol. The van der Waals surface area contributed by atoms with Crippen LogP contribution in [0.3, 0.4) is 0 Å². The number of hydrogen-bond donors (Lipinski definition) is 1. The number of pyridine rings is 1. The summed E-state index contributed by atoms with van der Waals surface area (Å²) in [5, 5.41) is 3.23. The Hall–Kier alpha value is -1.33. The van der Waals surface area contributed by atoms with Crippen molar-refractivity contribution in [2.75, 3.05) is 34.4 Å². The largest absolute Gasteiger partial charge is 0.495 e. The fourth-order valence-corrected chi connectivity index (χ4v) is 1.99. The van der Waals surface area contributed by atoms with E-state index in [-0.39, 0.29) is 5.60 Å². The summed E-state index contributed by atoms with van der Waals surface area (Å²) in [7, 11) is 4.99. The van der Waals surface area contributed by atoms with Gasteiger partial charge in [-0.15, -0.1) is 0 Å². The van der Waals surface area contributed by atoms with E-state index in [1.807, 2.05) is 6.07 Å². The van der Waals surface area contributed by atoms with E-state index in [0.717, 1.165) is 30.8 Å². The Morgan fingerprint density at radius 3 is 2.53 bits per heavy atom. The van der Waals surface area contributed by atoms with E-state index in [0.29, 0.717) is 5.88 Å². The van der Waals surface area contributed by atoms with Gasteiger partial charge in [0.1, 0.15) is 5.75 Å². The lowest BCUT2D eigenvalue weighted by Crippen LogP contribution is -2.61. The van der Waals surface area contributed by atoms with Crippen molar-refractivity contribution in [3.05, 3.63) is 17.8 Å². The fourth-order valence-electron chi connectivity index (χ4n) is 1.99. The van der Waals surface area contributed by atoms with Crippen LogP contribution in [-0.4, -0.2) is 45.0 Å². The summed E-state index contributed by atoms with van der Waals surface area (Å²) in [5.41, 5.74) is 0.933. The summed E-state index contributed by atoms with van der Waals surface area (Å²) in [6.45, 7) is 1.72. The predicted molar refractivity (Wildman–Crippen MR) is 63.7 cm³/mol. The van der Waals surface area contributed by atoms with Gasteiger partial charge in [0, 0.05) is 38.2 Å². The molecule has 5 heteroatoms. The van der Waals surface area contributed by atoms with Crippen LogP contribution in [0.2, 0.25) is 0 Å². The molecule has 0 bridgehead atoms. The Kier molecular flexibility index (Phi) is 3.49. The molecule has 0 aromatic carbocycles. The van der Waals surface area contributed by atoms with E-state index in [1.165, 1.54) is 0 Å². The topological polar surface area (TPSA) is 52.6 Å². The molecule has 0 radical (unpaired) electrons. The first-order chi connectivity index (χ1) is 8.23. The Morgan fingerprint density at radius 2 is 2.06 bits per heavy atom. The van der Waals surface area contributed by atoms with Gasteiger partial charge >= 0.3 is 0 Å². The molecule has 1 aliphatic rings.